The summed E-state index contributed by atoms with van der Waals surface area (Å²) in [7, 11) is 0. The van der Waals surface area contributed by atoms with E-state index in [1.54, 1.807) is 0 Å². The van der Waals surface area contributed by atoms with Crippen LogP contribution in [-0.4, -0.2) is 24.2 Å². The van der Waals surface area contributed by atoms with Crippen LogP contribution in [0.15, 0.2) is 12.2 Å². The van der Waals surface area contributed by atoms with E-state index in [-0.39, 0.29) is 12.5 Å². The van der Waals surface area contributed by atoms with Crippen molar-refractivity contribution >= 4 is 5.91 Å². The Morgan fingerprint density at radius 1 is 0.905 bits per heavy atom. The number of aliphatic hydroxyl groups excluding tert-OH is 1. The van der Waals surface area contributed by atoms with E-state index in [1.165, 1.54) is 57.8 Å². The fourth-order valence-electron chi connectivity index (χ4n) is 2.29. The van der Waals surface area contributed by atoms with E-state index in [0.717, 1.165) is 12.8 Å². The molecule has 0 aromatic carbocycles. The zero-order valence-electron chi connectivity index (χ0n) is 13.9. The average molecular weight is 297 g/mol. The lowest BCUT2D eigenvalue weighted by Gasteiger charge is -2.03. The van der Waals surface area contributed by atoms with Crippen LogP contribution in [0.4, 0.5) is 0 Å². The maximum atomic E-state index is 11.3. The van der Waals surface area contributed by atoms with Gasteiger partial charge in [-0.15, -0.1) is 0 Å². The zero-order chi connectivity index (χ0) is 15.6. The molecule has 0 saturated heterocycles. The van der Waals surface area contributed by atoms with Crippen molar-refractivity contribution in [2.75, 3.05) is 13.2 Å². The van der Waals surface area contributed by atoms with Crippen LogP contribution in [0.25, 0.3) is 0 Å². The van der Waals surface area contributed by atoms with Crippen molar-refractivity contribution in [3.63, 3.8) is 0 Å². The van der Waals surface area contributed by atoms with E-state index in [9.17, 15) is 4.79 Å². The van der Waals surface area contributed by atoms with Crippen molar-refractivity contribution in [2.24, 2.45) is 0 Å². The van der Waals surface area contributed by atoms with Gasteiger partial charge in [0.25, 0.3) is 0 Å². The third-order valence-corrected chi connectivity index (χ3v) is 3.60. The van der Waals surface area contributed by atoms with Gasteiger partial charge in [0.15, 0.2) is 0 Å². The minimum absolute atomic E-state index is 0.0257. The highest BCUT2D eigenvalue weighted by Gasteiger charge is 1.99. The molecular weight excluding hydrogens is 262 g/mol. The van der Waals surface area contributed by atoms with E-state index >= 15 is 0 Å². The molecule has 0 aliphatic carbocycles. The Morgan fingerprint density at radius 3 is 2.10 bits per heavy atom. The number of unbranched alkanes of at least 4 members (excludes halogenated alkanes) is 9. The molecule has 0 aromatic rings. The standard InChI is InChI=1S/C18H35NO2/c1-2-3-4-5-6-7-8-9-10-11-12-13-14-15-18(21)19-16-17-20/h7-8,20H,2-6,9-17H2,1H3,(H,19,21)/b8-7+. The van der Waals surface area contributed by atoms with Gasteiger partial charge in [-0.2, -0.15) is 0 Å². The smallest absolute Gasteiger partial charge is 0.220 e. The van der Waals surface area contributed by atoms with Gasteiger partial charge in [0, 0.05) is 13.0 Å². The average Bonchev–Trinajstić information content (AvgIpc) is 2.49. The van der Waals surface area contributed by atoms with Crippen molar-refractivity contribution in [3.05, 3.63) is 12.2 Å². The molecular formula is C18H35NO2. The van der Waals surface area contributed by atoms with Crippen LogP contribution in [-0.2, 0) is 4.79 Å². The Morgan fingerprint density at radius 2 is 1.48 bits per heavy atom. The Bertz CT molecular complexity index is 252. The zero-order valence-corrected chi connectivity index (χ0v) is 13.9. The highest BCUT2D eigenvalue weighted by Crippen LogP contribution is 2.08. The molecule has 0 radical (unpaired) electrons. The maximum Gasteiger partial charge on any atom is 0.220 e. The van der Waals surface area contributed by atoms with Crippen LogP contribution < -0.4 is 5.32 Å². The topological polar surface area (TPSA) is 49.3 Å². The maximum absolute atomic E-state index is 11.3. The Labute approximate surface area is 131 Å². The molecule has 21 heavy (non-hydrogen) atoms. The van der Waals surface area contributed by atoms with E-state index < -0.39 is 0 Å². The minimum atomic E-state index is 0.0257. The van der Waals surface area contributed by atoms with E-state index in [0.29, 0.717) is 13.0 Å². The molecule has 0 bridgehead atoms. The number of hydrogen-bond acceptors (Lipinski definition) is 2. The monoisotopic (exact) mass is 297 g/mol. The van der Waals surface area contributed by atoms with Gasteiger partial charge in [0.2, 0.25) is 5.91 Å². The lowest BCUT2D eigenvalue weighted by Crippen LogP contribution is -2.25. The summed E-state index contributed by atoms with van der Waals surface area (Å²) in [6, 6.07) is 0. The van der Waals surface area contributed by atoms with Crippen molar-refractivity contribution in [3.8, 4) is 0 Å². The molecule has 0 rings (SSSR count). The SMILES string of the molecule is CCCCCC/C=C/CCCCCCCC(=O)NCCO. The van der Waals surface area contributed by atoms with E-state index in [1.807, 2.05) is 0 Å². The molecule has 3 nitrogen and oxygen atoms in total. The Balaban J connectivity index is 3.15. The molecule has 0 unspecified atom stereocenters. The van der Waals surface area contributed by atoms with Gasteiger partial charge in [-0.1, -0.05) is 57.6 Å². The number of allylic oxidation sites excluding steroid dienone is 2. The van der Waals surface area contributed by atoms with E-state index in [4.69, 9.17) is 5.11 Å². The summed E-state index contributed by atoms with van der Waals surface area (Å²) in [5, 5.41) is 11.3. The van der Waals surface area contributed by atoms with Crippen LogP contribution in [0.2, 0.25) is 0 Å². The molecule has 1 amide bonds. The van der Waals surface area contributed by atoms with Crippen molar-refractivity contribution < 1.29 is 9.90 Å². The highest BCUT2D eigenvalue weighted by molar-refractivity contribution is 5.75. The number of nitrogens with one attached hydrogen (secondary N) is 1. The van der Waals surface area contributed by atoms with Gasteiger partial charge in [-0.25, -0.2) is 0 Å². The Kier molecular flexibility index (Phi) is 16.5. The fourth-order valence-corrected chi connectivity index (χ4v) is 2.29. The number of hydrogen-bond donors (Lipinski definition) is 2. The molecule has 0 aliphatic rings. The van der Waals surface area contributed by atoms with Crippen LogP contribution >= 0.6 is 0 Å². The quantitative estimate of drug-likeness (QED) is 0.349. The second-order valence-corrected chi connectivity index (χ2v) is 5.70. The van der Waals surface area contributed by atoms with Crippen molar-refractivity contribution in [2.45, 2.75) is 84.0 Å². The van der Waals surface area contributed by atoms with Crippen molar-refractivity contribution in [1.29, 1.82) is 0 Å². The molecule has 0 aromatic heterocycles. The summed E-state index contributed by atoms with van der Waals surface area (Å²) in [6.07, 6.45) is 18.9. The first kappa shape index (κ1) is 20.2. The second kappa shape index (κ2) is 17.2. The second-order valence-electron chi connectivity index (χ2n) is 5.70. The molecule has 0 spiro atoms. The number of carbonyl (C=O) groups is 1. The van der Waals surface area contributed by atoms with Gasteiger partial charge < -0.3 is 10.4 Å². The molecule has 0 heterocycles. The first-order valence-corrected chi connectivity index (χ1v) is 8.83. The molecule has 0 aliphatic heterocycles. The van der Waals surface area contributed by atoms with Gasteiger partial charge >= 0.3 is 0 Å². The van der Waals surface area contributed by atoms with Gasteiger partial charge in [0.1, 0.15) is 0 Å². The minimum Gasteiger partial charge on any atom is -0.395 e. The van der Waals surface area contributed by atoms with E-state index in [2.05, 4.69) is 24.4 Å². The molecule has 0 atom stereocenters. The predicted octanol–water partition coefficient (Wildman–Crippen LogP) is 4.35. The summed E-state index contributed by atoms with van der Waals surface area (Å²) in [5.74, 6) is 0.0649. The third-order valence-electron chi connectivity index (χ3n) is 3.60. The highest BCUT2D eigenvalue weighted by atomic mass is 16.3. The summed E-state index contributed by atoms with van der Waals surface area (Å²) >= 11 is 0. The van der Waals surface area contributed by atoms with Gasteiger partial charge in [-0.3, -0.25) is 4.79 Å². The first-order chi connectivity index (χ1) is 10.3. The van der Waals surface area contributed by atoms with Crippen LogP contribution in [0.1, 0.15) is 84.0 Å². The molecule has 0 fully saturated rings. The summed E-state index contributed by atoms with van der Waals surface area (Å²) in [5.41, 5.74) is 0. The fraction of sp³-hybridized carbons (Fsp3) is 0.833. The molecule has 0 saturated carbocycles. The first-order valence-electron chi connectivity index (χ1n) is 8.83. The van der Waals surface area contributed by atoms with Crippen molar-refractivity contribution in [1.82, 2.24) is 5.32 Å². The molecule has 124 valence electrons. The third kappa shape index (κ3) is 17.1. The summed E-state index contributed by atoms with van der Waals surface area (Å²) < 4.78 is 0. The predicted molar refractivity (Wildman–Crippen MR) is 90.3 cm³/mol. The van der Waals surface area contributed by atoms with Crippen LogP contribution in [0, 0.1) is 0 Å². The normalized spacial score (nSPS) is 11.1. The number of rotatable bonds is 15. The number of amides is 1. The number of carbonyl (C=O) groups excluding carboxylic acids is 1. The van der Waals surface area contributed by atoms with Gasteiger partial charge in [-0.05, 0) is 32.1 Å². The summed E-state index contributed by atoms with van der Waals surface area (Å²) in [6.45, 7) is 2.65. The van der Waals surface area contributed by atoms with Gasteiger partial charge in [0.05, 0.1) is 6.61 Å². The number of aliphatic hydroxyl groups is 1. The van der Waals surface area contributed by atoms with Crippen LogP contribution in [0.3, 0.4) is 0 Å². The van der Waals surface area contributed by atoms with Crippen LogP contribution in [0.5, 0.6) is 0 Å². The lowest BCUT2D eigenvalue weighted by molar-refractivity contribution is -0.121. The summed E-state index contributed by atoms with van der Waals surface area (Å²) in [4.78, 5) is 11.3. The largest absolute Gasteiger partial charge is 0.395 e. The molecule has 3 heteroatoms. The Hall–Kier alpha value is -0.830. The lowest BCUT2D eigenvalue weighted by atomic mass is 10.1. The molecule has 2 N–H and O–H groups in total.